The first-order valence-corrected chi connectivity index (χ1v) is 9.43. The van der Waals surface area contributed by atoms with Crippen LogP contribution >= 0.6 is 0 Å². The van der Waals surface area contributed by atoms with Crippen LogP contribution in [0, 0.1) is 0 Å². The number of nitrogens with one attached hydrogen (secondary N) is 1. The third-order valence-corrected chi connectivity index (χ3v) is 4.45. The summed E-state index contributed by atoms with van der Waals surface area (Å²) >= 11 is 0. The van der Waals surface area contributed by atoms with E-state index >= 15 is 0 Å². The normalized spacial score (nSPS) is 14.0. The SMILES string of the molecule is O=C(COc1cccc(N2CCCC2=O)c1)NCCOc1ccc(C(F)(F)F)cc1. The van der Waals surface area contributed by atoms with Gasteiger partial charge in [-0.25, -0.2) is 0 Å². The highest BCUT2D eigenvalue weighted by Crippen LogP contribution is 2.30. The van der Waals surface area contributed by atoms with Gasteiger partial charge < -0.3 is 19.7 Å². The largest absolute Gasteiger partial charge is 0.492 e. The first-order chi connectivity index (χ1) is 14.3. The van der Waals surface area contributed by atoms with Gasteiger partial charge in [-0.1, -0.05) is 6.07 Å². The lowest BCUT2D eigenvalue weighted by atomic mass is 10.2. The molecule has 0 spiro atoms. The highest BCUT2D eigenvalue weighted by molar-refractivity contribution is 5.95. The van der Waals surface area contributed by atoms with Gasteiger partial charge in [-0.2, -0.15) is 13.2 Å². The quantitative estimate of drug-likeness (QED) is 0.662. The fraction of sp³-hybridized carbons (Fsp3) is 0.333. The molecule has 1 heterocycles. The van der Waals surface area contributed by atoms with Crippen LogP contribution in [-0.4, -0.2) is 38.1 Å². The van der Waals surface area contributed by atoms with Crippen molar-refractivity contribution in [3.63, 3.8) is 0 Å². The molecule has 160 valence electrons. The zero-order chi connectivity index (χ0) is 21.6. The number of nitrogens with zero attached hydrogens (tertiary/aromatic N) is 1. The summed E-state index contributed by atoms with van der Waals surface area (Å²) in [6, 6.07) is 11.3. The van der Waals surface area contributed by atoms with Crippen molar-refractivity contribution in [3.05, 3.63) is 54.1 Å². The van der Waals surface area contributed by atoms with Crippen LogP contribution in [0.5, 0.6) is 11.5 Å². The molecule has 0 bridgehead atoms. The van der Waals surface area contributed by atoms with Gasteiger partial charge in [-0.15, -0.1) is 0 Å². The van der Waals surface area contributed by atoms with E-state index in [1.807, 2.05) is 6.07 Å². The molecule has 1 aliphatic rings. The highest BCUT2D eigenvalue weighted by atomic mass is 19.4. The van der Waals surface area contributed by atoms with Crippen molar-refractivity contribution in [1.82, 2.24) is 5.32 Å². The molecule has 1 fully saturated rings. The number of rotatable bonds is 8. The number of hydrogen-bond donors (Lipinski definition) is 1. The highest BCUT2D eigenvalue weighted by Gasteiger charge is 2.30. The van der Waals surface area contributed by atoms with Gasteiger partial charge in [0.15, 0.2) is 6.61 Å². The smallest absolute Gasteiger partial charge is 0.416 e. The van der Waals surface area contributed by atoms with Gasteiger partial charge in [0, 0.05) is 24.7 Å². The summed E-state index contributed by atoms with van der Waals surface area (Å²) in [6.45, 7) is 0.731. The molecule has 0 aliphatic carbocycles. The Hall–Kier alpha value is -3.23. The van der Waals surface area contributed by atoms with Gasteiger partial charge in [-0.05, 0) is 42.8 Å². The summed E-state index contributed by atoms with van der Waals surface area (Å²) in [5.41, 5.74) is -0.0150. The fourth-order valence-electron chi connectivity index (χ4n) is 2.96. The minimum atomic E-state index is -4.39. The molecule has 1 aliphatic heterocycles. The molecule has 1 N–H and O–H groups in total. The average Bonchev–Trinajstić information content (AvgIpc) is 3.15. The minimum Gasteiger partial charge on any atom is -0.492 e. The maximum Gasteiger partial charge on any atom is 0.416 e. The van der Waals surface area contributed by atoms with Crippen molar-refractivity contribution in [1.29, 1.82) is 0 Å². The van der Waals surface area contributed by atoms with Gasteiger partial charge in [0.2, 0.25) is 5.91 Å². The van der Waals surface area contributed by atoms with E-state index in [1.54, 1.807) is 23.1 Å². The number of ether oxygens (including phenoxy) is 2. The van der Waals surface area contributed by atoms with E-state index in [0.717, 1.165) is 24.2 Å². The van der Waals surface area contributed by atoms with E-state index in [-0.39, 0.29) is 37.3 Å². The Labute approximate surface area is 171 Å². The third-order valence-electron chi connectivity index (χ3n) is 4.45. The molecule has 0 unspecified atom stereocenters. The molecule has 6 nitrogen and oxygen atoms in total. The minimum absolute atomic E-state index is 0.0675. The van der Waals surface area contributed by atoms with Crippen molar-refractivity contribution >= 4 is 17.5 Å². The Kier molecular flexibility index (Phi) is 6.81. The van der Waals surface area contributed by atoms with Crippen LogP contribution in [0.3, 0.4) is 0 Å². The van der Waals surface area contributed by atoms with E-state index in [0.29, 0.717) is 18.7 Å². The van der Waals surface area contributed by atoms with Gasteiger partial charge in [-0.3, -0.25) is 9.59 Å². The van der Waals surface area contributed by atoms with Crippen LogP contribution in [0.25, 0.3) is 0 Å². The number of carbonyl (C=O) groups excluding carboxylic acids is 2. The average molecular weight is 422 g/mol. The Balaban J connectivity index is 1.38. The maximum atomic E-state index is 12.5. The number of alkyl halides is 3. The van der Waals surface area contributed by atoms with Crippen LogP contribution in [0.1, 0.15) is 18.4 Å². The van der Waals surface area contributed by atoms with Crippen molar-refractivity contribution in [2.45, 2.75) is 19.0 Å². The number of amides is 2. The van der Waals surface area contributed by atoms with E-state index in [1.165, 1.54) is 12.1 Å². The standard InChI is InChI=1S/C21H21F3N2O4/c22-21(23,24)15-6-8-17(9-7-15)29-12-10-25-19(27)14-30-18-4-1-3-16(13-18)26-11-2-5-20(26)28/h1,3-4,6-9,13H,2,5,10-12,14H2,(H,25,27). The zero-order valence-corrected chi connectivity index (χ0v) is 16.1. The summed E-state index contributed by atoms with van der Waals surface area (Å²) in [5.74, 6) is 0.455. The molecule has 0 atom stereocenters. The first-order valence-electron chi connectivity index (χ1n) is 9.43. The van der Waals surface area contributed by atoms with Crippen LogP contribution in [-0.2, 0) is 15.8 Å². The Bertz CT molecular complexity index is 885. The van der Waals surface area contributed by atoms with Crippen molar-refractivity contribution < 1.29 is 32.2 Å². The Morgan fingerprint density at radius 2 is 1.83 bits per heavy atom. The topological polar surface area (TPSA) is 67.9 Å². The Morgan fingerprint density at radius 3 is 2.50 bits per heavy atom. The molecule has 2 aromatic rings. The van der Waals surface area contributed by atoms with E-state index in [9.17, 15) is 22.8 Å². The van der Waals surface area contributed by atoms with Crippen LogP contribution < -0.4 is 19.7 Å². The summed E-state index contributed by atoms with van der Waals surface area (Å²) in [4.78, 5) is 25.4. The predicted molar refractivity (Wildman–Crippen MR) is 103 cm³/mol. The monoisotopic (exact) mass is 422 g/mol. The molecule has 9 heteroatoms. The van der Waals surface area contributed by atoms with Crippen LogP contribution in [0.4, 0.5) is 18.9 Å². The summed E-state index contributed by atoms with van der Waals surface area (Å²) < 4.78 is 48.3. The number of benzene rings is 2. The summed E-state index contributed by atoms with van der Waals surface area (Å²) in [6.07, 6.45) is -3.04. The molecule has 2 aromatic carbocycles. The van der Waals surface area contributed by atoms with Crippen molar-refractivity contribution in [3.8, 4) is 11.5 Å². The lowest BCUT2D eigenvalue weighted by molar-refractivity contribution is -0.137. The second-order valence-electron chi connectivity index (χ2n) is 6.66. The van der Waals surface area contributed by atoms with Crippen molar-refractivity contribution in [2.75, 3.05) is 31.2 Å². The van der Waals surface area contributed by atoms with Gasteiger partial charge in [0.05, 0.1) is 12.1 Å². The molecule has 3 rings (SSSR count). The molecular weight excluding hydrogens is 401 g/mol. The molecule has 2 amide bonds. The van der Waals surface area contributed by atoms with Crippen LogP contribution in [0.15, 0.2) is 48.5 Å². The maximum absolute atomic E-state index is 12.5. The second-order valence-corrected chi connectivity index (χ2v) is 6.66. The number of hydrogen-bond acceptors (Lipinski definition) is 4. The van der Waals surface area contributed by atoms with E-state index in [4.69, 9.17) is 9.47 Å². The third kappa shape index (κ3) is 5.88. The number of halogens is 3. The molecule has 30 heavy (non-hydrogen) atoms. The van der Waals surface area contributed by atoms with E-state index < -0.39 is 11.7 Å². The van der Waals surface area contributed by atoms with Crippen molar-refractivity contribution in [2.24, 2.45) is 0 Å². The summed E-state index contributed by atoms with van der Waals surface area (Å²) in [5, 5.41) is 2.60. The first kappa shape index (κ1) is 21.5. The molecular formula is C21H21F3N2O4. The lowest BCUT2D eigenvalue weighted by Gasteiger charge is -2.16. The summed E-state index contributed by atoms with van der Waals surface area (Å²) in [7, 11) is 0. The van der Waals surface area contributed by atoms with Gasteiger partial charge in [0.25, 0.3) is 5.91 Å². The number of carbonyl (C=O) groups is 2. The second kappa shape index (κ2) is 9.51. The molecule has 0 aromatic heterocycles. The predicted octanol–water partition coefficient (Wildman–Crippen LogP) is 3.41. The Morgan fingerprint density at radius 1 is 1.07 bits per heavy atom. The van der Waals surface area contributed by atoms with Crippen LogP contribution in [0.2, 0.25) is 0 Å². The van der Waals surface area contributed by atoms with Gasteiger partial charge in [0.1, 0.15) is 18.1 Å². The molecule has 0 radical (unpaired) electrons. The lowest BCUT2D eigenvalue weighted by Crippen LogP contribution is -2.32. The zero-order valence-electron chi connectivity index (χ0n) is 16.1. The van der Waals surface area contributed by atoms with E-state index in [2.05, 4.69) is 5.32 Å². The molecule has 0 saturated carbocycles. The molecule has 1 saturated heterocycles. The number of anilines is 1. The fourth-order valence-corrected chi connectivity index (χ4v) is 2.96. The van der Waals surface area contributed by atoms with Gasteiger partial charge >= 0.3 is 6.18 Å².